The molecule has 0 atom stereocenters. The molecule has 0 aliphatic heterocycles. The molecule has 8 nitrogen and oxygen atoms in total. The van der Waals surface area contributed by atoms with Crippen molar-refractivity contribution in [2.45, 2.75) is 0 Å². The van der Waals surface area contributed by atoms with Gasteiger partial charge in [-0.15, -0.1) is 0 Å². The fourth-order valence-corrected chi connectivity index (χ4v) is 9.82. The van der Waals surface area contributed by atoms with Crippen molar-refractivity contribution in [1.82, 2.24) is 29.5 Å². The Kier molecular flexibility index (Phi) is 9.99. The molecule has 10 aromatic carbocycles. The Morgan fingerprint density at radius 1 is 0.260 bits per heavy atom. The van der Waals surface area contributed by atoms with Crippen LogP contribution in [0.3, 0.4) is 0 Å². The first kappa shape index (κ1) is 41.9. The van der Waals surface area contributed by atoms with E-state index in [0.717, 1.165) is 89.1 Å². The van der Waals surface area contributed by atoms with Crippen molar-refractivity contribution in [1.29, 1.82) is 0 Å². The summed E-state index contributed by atoms with van der Waals surface area (Å²) in [5, 5.41) is 2.42. The van der Waals surface area contributed by atoms with E-state index in [1.807, 2.05) is 84.9 Å². The van der Waals surface area contributed by atoms with Crippen LogP contribution in [0, 0.1) is 0 Å². The van der Waals surface area contributed by atoms with Crippen LogP contribution in [0.2, 0.25) is 0 Å². The molecule has 4 aromatic heterocycles. The normalized spacial score (nSPS) is 11.6. The second-order valence-corrected chi connectivity index (χ2v) is 18.1. The first-order valence-corrected chi connectivity index (χ1v) is 24.2. The molecular weight excluding hydrogens is 897 g/mol. The summed E-state index contributed by atoms with van der Waals surface area (Å²) in [7, 11) is 0. The Bertz CT molecular complexity index is 4160. The van der Waals surface area contributed by atoms with Crippen molar-refractivity contribution in [2.24, 2.45) is 0 Å². The van der Waals surface area contributed by atoms with Gasteiger partial charge in [0.2, 0.25) is 11.8 Å². The average molecular weight is 937 g/mol. The SMILES string of the molecule is c1ccc(-c2nc3ccc(-c4ccc(-c5nc(-c6ccc(-c7ccc8nc(-c9ccccc9)oc8c7)cc6)nc(-c6ccc(-c7ccc8c(c7)c7ccccc7n8-c7ccccc7)cc6)n5)cc4)cc3o2)cc1. The molecular formula is C65H40N6O2. The van der Waals surface area contributed by atoms with Crippen molar-refractivity contribution >= 4 is 44.0 Å². The average Bonchev–Trinajstić information content (AvgIpc) is 4.20. The van der Waals surface area contributed by atoms with Crippen LogP contribution in [-0.4, -0.2) is 29.5 Å². The van der Waals surface area contributed by atoms with Crippen LogP contribution in [0.25, 0.3) is 140 Å². The molecule has 0 aliphatic rings. The first-order chi connectivity index (χ1) is 36.1. The molecule has 0 aliphatic carbocycles. The highest BCUT2D eigenvalue weighted by atomic mass is 16.4. The number of fused-ring (bicyclic) bond motifs is 5. The molecule has 8 heteroatoms. The smallest absolute Gasteiger partial charge is 0.227 e. The van der Waals surface area contributed by atoms with Gasteiger partial charge < -0.3 is 13.4 Å². The van der Waals surface area contributed by atoms with Gasteiger partial charge in [0.05, 0.1) is 11.0 Å². The maximum Gasteiger partial charge on any atom is 0.227 e. The molecule has 4 heterocycles. The van der Waals surface area contributed by atoms with Gasteiger partial charge in [-0.05, 0) is 112 Å². The third-order valence-corrected chi connectivity index (χ3v) is 13.6. The van der Waals surface area contributed by atoms with E-state index < -0.39 is 0 Å². The summed E-state index contributed by atoms with van der Waals surface area (Å²) in [5.74, 6) is 2.93. The lowest BCUT2D eigenvalue weighted by Crippen LogP contribution is -2.00. The zero-order valence-electron chi connectivity index (χ0n) is 39.1. The van der Waals surface area contributed by atoms with E-state index >= 15 is 0 Å². The molecule has 0 spiro atoms. The topological polar surface area (TPSA) is 95.7 Å². The van der Waals surface area contributed by atoms with Gasteiger partial charge in [-0.1, -0.05) is 164 Å². The van der Waals surface area contributed by atoms with E-state index in [0.29, 0.717) is 29.3 Å². The van der Waals surface area contributed by atoms with Crippen LogP contribution >= 0.6 is 0 Å². The zero-order valence-corrected chi connectivity index (χ0v) is 39.1. The largest absolute Gasteiger partial charge is 0.436 e. The molecule has 0 N–H and O–H groups in total. The van der Waals surface area contributed by atoms with Crippen LogP contribution in [0.4, 0.5) is 0 Å². The molecule has 14 rings (SSSR count). The minimum atomic E-state index is 0.572. The number of rotatable bonds is 9. The molecule has 0 unspecified atom stereocenters. The number of para-hydroxylation sites is 2. The van der Waals surface area contributed by atoms with E-state index in [-0.39, 0.29) is 0 Å². The van der Waals surface area contributed by atoms with Crippen molar-refractivity contribution in [3.05, 3.63) is 243 Å². The third-order valence-electron chi connectivity index (χ3n) is 13.6. The van der Waals surface area contributed by atoms with Gasteiger partial charge in [0.1, 0.15) is 11.0 Å². The second-order valence-electron chi connectivity index (χ2n) is 18.1. The second kappa shape index (κ2) is 17.4. The summed E-state index contributed by atoms with van der Waals surface area (Å²) in [5.41, 5.74) is 17.4. The molecule has 0 radical (unpaired) electrons. The highest BCUT2D eigenvalue weighted by molar-refractivity contribution is 6.10. The Morgan fingerprint density at radius 3 is 1.11 bits per heavy atom. The predicted molar refractivity (Wildman–Crippen MR) is 293 cm³/mol. The molecule has 73 heavy (non-hydrogen) atoms. The Hall–Kier alpha value is -10.1. The van der Waals surface area contributed by atoms with Gasteiger partial charge >= 0.3 is 0 Å². The van der Waals surface area contributed by atoms with Crippen molar-refractivity contribution in [2.75, 3.05) is 0 Å². The highest BCUT2D eigenvalue weighted by Crippen LogP contribution is 2.37. The number of oxazole rings is 2. The summed E-state index contributed by atoms with van der Waals surface area (Å²) >= 11 is 0. The number of aromatic nitrogens is 6. The number of hydrogen-bond acceptors (Lipinski definition) is 7. The van der Waals surface area contributed by atoms with Gasteiger partial charge in [0, 0.05) is 44.3 Å². The Morgan fingerprint density at radius 2 is 0.630 bits per heavy atom. The lowest BCUT2D eigenvalue weighted by Gasteiger charge is -2.11. The van der Waals surface area contributed by atoms with Crippen LogP contribution in [0.5, 0.6) is 0 Å². The molecule has 14 aromatic rings. The first-order valence-electron chi connectivity index (χ1n) is 24.2. The molecule has 0 bridgehead atoms. The monoisotopic (exact) mass is 936 g/mol. The molecule has 0 saturated heterocycles. The maximum absolute atomic E-state index is 6.22. The highest BCUT2D eigenvalue weighted by Gasteiger charge is 2.17. The minimum Gasteiger partial charge on any atom is -0.436 e. The van der Waals surface area contributed by atoms with E-state index in [9.17, 15) is 0 Å². The van der Waals surface area contributed by atoms with E-state index in [4.69, 9.17) is 33.8 Å². The Balaban J connectivity index is 0.811. The van der Waals surface area contributed by atoms with Gasteiger partial charge in [0.15, 0.2) is 28.6 Å². The van der Waals surface area contributed by atoms with Gasteiger partial charge in [-0.3, -0.25) is 0 Å². The minimum absolute atomic E-state index is 0.572. The fraction of sp³-hybridized carbons (Fsp3) is 0. The standard InChI is InChI=1S/C65H40N6O2/c1-4-12-47(13-5-1)64-66-55-35-32-50(39-59(55)72-64)42-22-28-45(29-23-42)62-68-61(69-63(70-62)46-30-24-43(25-31-46)51-33-36-56-60(40-51)73-65(67-56)48-14-6-2-7-15-48)44-26-20-41(21-27-44)49-34-37-58-54(38-49)53-18-10-11-19-57(53)71(58)52-16-8-3-9-17-52/h1-40H. The molecule has 0 amide bonds. The van der Waals surface area contributed by atoms with E-state index in [2.05, 4.69) is 162 Å². The summed E-state index contributed by atoms with van der Waals surface area (Å²) in [6.45, 7) is 0. The Labute approximate surface area is 419 Å². The van der Waals surface area contributed by atoms with Crippen molar-refractivity contribution in [3.63, 3.8) is 0 Å². The quantitative estimate of drug-likeness (QED) is 0.142. The van der Waals surface area contributed by atoms with Gasteiger partial charge in [-0.2, -0.15) is 0 Å². The summed E-state index contributed by atoms with van der Waals surface area (Å²) in [6, 6.07) is 83.3. The zero-order chi connectivity index (χ0) is 48.2. The molecule has 0 fully saturated rings. The van der Waals surface area contributed by atoms with Crippen molar-refractivity contribution in [3.8, 4) is 96.1 Å². The predicted octanol–water partition coefficient (Wildman–Crippen LogP) is 16.6. The van der Waals surface area contributed by atoms with E-state index in [1.165, 1.54) is 21.8 Å². The summed E-state index contributed by atoms with van der Waals surface area (Å²) in [6.07, 6.45) is 0. The summed E-state index contributed by atoms with van der Waals surface area (Å²) in [4.78, 5) is 24.9. The lowest BCUT2D eigenvalue weighted by atomic mass is 10.0. The van der Waals surface area contributed by atoms with E-state index in [1.54, 1.807) is 0 Å². The third kappa shape index (κ3) is 7.71. The van der Waals surface area contributed by atoms with Gasteiger partial charge in [0.25, 0.3) is 0 Å². The number of benzene rings is 10. The van der Waals surface area contributed by atoms with Crippen LogP contribution in [0.1, 0.15) is 0 Å². The number of hydrogen-bond donors (Lipinski definition) is 0. The molecule has 0 saturated carbocycles. The molecule has 342 valence electrons. The van der Waals surface area contributed by atoms with Gasteiger partial charge in [-0.25, -0.2) is 24.9 Å². The van der Waals surface area contributed by atoms with Crippen LogP contribution in [0.15, 0.2) is 251 Å². The van der Waals surface area contributed by atoms with Crippen LogP contribution in [-0.2, 0) is 0 Å². The fourth-order valence-electron chi connectivity index (χ4n) is 9.82. The number of nitrogens with zero attached hydrogens (tertiary/aromatic N) is 6. The van der Waals surface area contributed by atoms with Crippen LogP contribution < -0.4 is 0 Å². The summed E-state index contributed by atoms with van der Waals surface area (Å²) < 4.78 is 14.8. The maximum atomic E-state index is 6.22. The van der Waals surface area contributed by atoms with Crippen molar-refractivity contribution < 1.29 is 8.83 Å². The lowest BCUT2D eigenvalue weighted by molar-refractivity contribution is 0.619.